The van der Waals surface area contributed by atoms with Gasteiger partial charge in [0.1, 0.15) is 13.2 Å². The first-order valence-corrected chi connectivity index (χ1v) is 11.7. The van der Waals surface area contributed by atoms with E-state index >= 15 is 0 Å². The number of hydrogen-bond acceptors (Lipinski definition) is 6. The molecule has 0 spiro atoms. The number of carbonyl (C=O) groups is 1. The molecule has 0 aliphatic carbocycles. The van der Waals surface area contributed by atoms with Crippen LogP contribution >= 0.6 is 11.8 Å². The van der Waals surface area contributed by atoms with Crippen molar-refractivity contribution in [2.45, 2.75) is 31.2 Å². The van der Waals surface area contributed by atoms with Crippen LogP contribution in [-0.2, 0) is 14.6 Å². The molecule has 3 rings (SSSR count). The van der Waals surface area contributed by atoms with Gasteiger partial charge in [0.15, 0.2) is 21.3 Å². The van der Waals surface area contributed by atoms with Gasteiger partial charge in [-0.3, -0.25) is 4.79 Å². The Labute approximate surface area is 159 Å². The first kappa shape index (κ1) is 19.4. The Balaban J connectivity index is 1.64. The number of amides is 1. The number of ether oxygens (including phenoxy) is 2. The highest BCUT2D eigenvalue weighted by molar-refractivity contribution is 8.00. The third-order valence-corrected chi connectivity index (χ3v) is 7.14. The van der Waals surface area contributed by atoms with E-state index in [9.17, 15) is 13.2 Å². The molecule has 6 nitrogen and oxygen atoms in total. The van der Waals surface area contributed by atoms with Crippen molar-refractivity contribution in [1.29, 1.82) is 0 Å². The van der Waals surface area contributed by atoms with E-state index in [0.29, 0.717) is 37.8 Å². The van der Waals surface area contributed by atoms with Crippen LogP contribution < -0.4 is 9.47 Å². The minimum atomic E-state index is -3.02. The van der Waals surface area contributed by atoms with Crippen LogP contribution in [0.5, 0.6) is 11.5 Å². The lowest BCUT2D eigenvalue weighted by molar-refractivity contribution is -0.130. The van der Waals surface area contributed by atoms with Crippen LogP contribution in [0.15, 0.2) is 23.1 Å². The quantitative estimate of drug-likeness (QED) is 0.683. The Morgan fingerprint density at radius 2 is 2.00 bits per heavy atom. The van der Waals surface area contributed by atoms with Crippen LogP contribution in [0, 0.1) is 5.92 Å². The van der Waals surface area contributed by atoms with Crippen molar-refractivity contribution >= 4 is 27.5 Å². The van der Waals surface area contributed by atoms with Crippen LogP contribution in [0.1, 0.15) is 20.3 Å². The van der Waals surface area contributed by atoms with Crippen molar-refractivity contribution in [2.75, 3.05) is 37.0 Å². The van der Waals surface area contributed by atoms with Gasteiger partial charge in [-0.15, -0.1) is 11.8 Å². The first-order valence-electron chi connectivity index (χ1n) is 8.86. The predicted octanol–water partition coefficient (Wildman–Crippen LogP) is 2.22. The number of hydrogen-bond donors (Lipinski definition) is 0. The number of fused-ring (bicyclic) bond motifs is 1. The standard InChI is InChI=1S/C18H25NO5S2/c1-13(2)10-19(14-5-8-26(21,22)12-14)18(20)11-25-15-3-4-16-17(9-15)24-7-6-23-16/h3-4,9,13-14H,5-8,10-12H2,1-2H3/t14-/m1/s1. The molecule has 1 saturated heterocycles. The fourth-order valence-electron chi connectivity index (χ4n) is 3.21. The van der Waals surface area contributed by atoms with Crippen molar-refractivity contribution in [3.8, 4) is 11.5 Å². The van der Waals surface area contributed by atoms with Crippen molar-refractivity contribution in [1.82, 2.24) is 4.90 Å². The average Bonchev–Trinajstić information content (AvgIpc) is 2.97. The molecule has 1 fully saturated rings. The minimum absolute atomic E-state index is 0.0133. The maximum Gasteiger partial charge on any atom is 0.233 e. The summed E-state index contributed by atoms with van der Waals surface area (Å²) in [5, 5.41) is 0. The van der Waals surface area contributed by atoms with Crippen LogP contribution in [0.3, 0.4) is 0 Å². The summed E-state index contributed by atoms with van der Waals surface area (Å²) in [5.74, 6) is 2.25. The molecule has 26 heavy (non-hydrogen) atoms. The number of benzene rings is 1. The number of carbonyl (C=O) groups excluding carboxylic acids is 1. The molecule has 0 saturated carbocycles. The van der Waals surface area contributed by atoms with Gasteiger partial charge in [-0.05, 0) is 30.5 Å². The van der Waals surface area contributed by atoms with E-state index in [1.165, 1.54) is 11.8 Å². The molecule has 1 atom stereocenters. The Bertz CT molecular complexity index is 763. The summed E-state index contributed by atoms with van der Waals surface area (Å²) in [4.78, 5) is 15.5. The van der Waals surface area contributed by atoms with Crippen LogP contribution in [0.2, 0.25) is 0 Å². The zero-order valence-corrected chi connectivity index (χ0v) is 16.8. The highest BCUT2D eigenvalue weighted by atomic mass is 32.2. The summed E-state index contributed by atoms with van der Waals surface area (Å²) in [7, 11) is -3.02. The average molecular weight is 400 g/mol. The summed E-state index contributed by atoms with van der Waals surface area (Å²) in [6.45, 7) is 5.74. The SMILES string of the molecule is CC(C)CN(C(=O)CSc1ccc2c(c1)OCCO2)[C@@H]1CCS(=O)(=O)C1. The van der Waals surface area contributed by atoms with Crippen LogP contribution in [0.4, 0.5) is 0 Å². The molecule has 2 heterocycles. The molecule has 0 N–H and O–H groups in total. The third-order valence-electron chi connectivity index (χ3n) is 4.41. The highest BCUT2D eigenvalue weighted by Gasteiger charge is 2.34. The van der Waals surface area contributed by atoms with Crippen molar-refractivity contribution in [3.05, 3.63) is 18.2 Å². The van der Waals surface area contributed by atoms with Gasteiger partial charge >= 0.3 is 0 Å². The van der Waals surface area contributed by atoms with Gasteiger partial charge in [-0.2, -0.15) is 0 Å². The lowest BCUT2D eigenvalue weighted by atomic mass is 10.1. The Hall–Kier alpha value is -1.41. The molecule has 1 amide bonds. The van der Waals surface area contributed by atoms with Gasteiger partial charge in [-0.25, -0.2) is 8.42 Å². The fraction of sp³-hybridized carbons (Fsp3) is 0.611. The molecule has 2 aliphatic heterocycles. The molecule has 2 aliphatic rings. The van der Waals surface area contributed by atoms with Gasteiger partial charge in [0.05, 0.1) is 17.3 Å². The minimum Gasteiger partial charge on any atom is -0.486 e. The lowest BCUT2D eigenvalue weighted by Gasteiger charge is -2.30. The Morgan fingerprint density at radius 3 is 2.65 bits per heavy atom. The van der Waals surface area contributed by atoms with Gasteiger partial charge in [-0.1, -0.05) is 13.8 Å². The summed E-state index contributed by atoms with van der Waals surface area (Å²) < 4.78 is 34.7. The van der Waals surface area contributed by atoms with E-state index < -0.39 is 9.84 Å². The van der Waals surface area contributed by atoms with Gasteiger partial charge < -0.3 is 14.4 Å². The summed E-state index contributed by atoms with van der Waals surface area (Å²) in [5.41, 5.74) is 0. The normalized spacial score (nSPS) is 21.0. The fourth-order valence-corrected chi connectivity index (χ4v) is 5.75. The van der Waals surface area contributed by atoms with Crippen molar-refractivity contribution in [3.63, 3.8) is 0 Å². The lowest BCUT2D eigenvalue weighted by Crippen LogP contribution is -2.44. The van der Waals surface area contributed by atoms with Crippen LogP contribution in [0.25, 0.3) is 0 Å². The zero-order valence-electron chi connectivity index (χ0n) is 15.1. The Morgan fingerprint density at radius 1 is 1.27 bits per heavy atom. The molecule has 1 aromatic rings. The van der Waals surface area contributed by atoms with E-state index in [-0.39, 0.29) is 29.2 Å². The van der Waals surface area contributed by atoms with Crippen molar-refractivity contribution < 1.29 is 22.7 Å². The molecule has 0 bridgehead atoms. The van der Waals surface area contributed by atoms with E-state index in [0.717, 1.165) is 10.6 Å². The number of sulfone groups is 1. The monoisotopic (exact) mass is 399 g/mol. The largest absolute Gasteiger partial charge is 0.486 e. The van der Waals surface area contributed by atoms with E-state index in [2.05, 4.69) is 0 Å². The van der Waals surface area contributed by atoms with Gasteiger partial charge in [0.25, 0.3) is 0 Å². The molecule has 144 valence electrons. The molecular weight excluding hydrogens is 374 g/mol. The number of rotatable bonds is 6. The van der Waals surface area contributed by atoms with Gasteiger partial charge in [0.2, 0.25) is 5.91 Å². The summed E-state index contributed by atoms with van der Waals surface area (Å²) in [6.07, 6.45) is 0.537. The number of nitrogens with zero attached hydrogens (tertiary/aromatic N) is 1. The molecule has 0 unspecified atom stereocenters. The number of thioether (sulfide) groups is 1. The molecule has 1 aromatic carbocycles. The van der Waals surface area contributed by atoms with E-state index in [4.69, 9.17) is 9.47 Å². The molecule has 8 heteroatoms. The van der Waals surface area contributed by atoms with Crippen LogP contribution in [-0.4, -0.2) is 62.3 Å². The Kier molecular flexibility index (Phi) is 6.02. The third kappa shape index (κ3) is 4.85. The second kappa shape index (κ2) is 8.08. The first-order chi connectivity index (χ1) is 12.3. The van der Waals surface area contributed by atoms with Crippen molar-refractivity contribution in [2.24, 2.45) is 5.92 Å². The molecule has 0 aromatic heterocycles. The molecular formula is C18H25NO5S2. The van der Waals surface area contributed by atoms with E-state index in [1.807, 2.05) is 32.0 Å². The second-order valence-electron chi connectivity index (χ2n) is 7.09. The summed E-state index contributed by atoms with van der Waals surface area (Å²) in [6, 6.07) is 5.46. The maximum atomic E-state index is 12.8. The summed E-state index contributed by atoms with van der Waals surface area (Å²) >= 11 is 1.44. The zero-order chi connectivity index (χ0) is 18.7. The van der Waals surface area contributed by atoms with Gasteiger partial charge in [0, 0.05) is 17.5 Å². The maximum absolute atomic E-state index is 12.8. The second-order valence-corrected chi connectivity index (χ2v) is 10.4. The highest BCUT2D eigenvalue weighted by Crippen LogP contribution is 2.34. The molecule has 0 radical (unpaired) electrons. The van der Waals surface area contributed by atoms with E-state index in [1.54, 1.807) is 4.90 Å². The smallest absolute Gasteiger partial charge is 0.233 e. The topological polar surface area (TPSA) is 72.9 Å². The predicted molar refractivity (Wildman–Crippen MR) is 102 cm³/mol.